The van der Waals surface area contributed by atoms with Gasteiger partial charge in [-0.05, 0) is 18.6 Å². The number of nitrogen functional groups attached to an aromatic ring is 2. The second-order valence-corrected chi connectivity index (χ2v) is 4.07. The molecule has 0 fully saturated rings. The molecule has 5 nitrogen and oxygen atoms in total. The van der Waals surface area contributed by atoms with Crippen molar-refractivity contribution in [2.75, 3.05) is 11.6 Å². The van der Waals surface area contributed by atoms with Gasteiger partial charge in [0.1, 0.15) is 0 Å². The molecule has 0 atom stereocenters. The van der Waals surface area contributed by atoms with Crippen LogP contribution in [0, 0.1) is 6.92 Å². The van der Waals surface area contributed by atoms with Gasteiger partial charge in [-0.1, -0.05) is 28.1 Å². The number of nitrogens with zero attached hydrogens (tertiary/aromatic N) is 3. The number of anilines is 1. The zero-order valence-corrected chi connectivity index (χ0v) is 9.69. The highest BCUT2D eigenvalue weighted by Crippen LogP contribution is 2.24. The van der Waals surface area contributed by atoms with Gasteiger partial charge in [-0.2, -0.15) is 0 Å². The number of nitrogens with two attached hydrogens (primary N) is 2. The van der Waals surface area contributed by atoms with Gasteiger partial charge in [0, 0.05) is 10.0 Å². The Morgan fingerprint density at radius 3 is 2.60 bits per heavy atom. The van der Waals surface area contributed by atoms with Gasteiger partial charge in [0.15, 0.2) is 5.82 Å². The molecule has 4 N–H and O–H groups in total. The van der Waals surface area contributed by atoms with Crippen molar-refractivity contribution in [1.29, 1.82) is 0 Å². The SMILES string of the molecule is Cc1ccc(-c2nnc(N)n2N)cc1Br. The van der Waals surface area contributed by atoms with E-state index in [1.54, 1.807) is 0 Å². The van der Waals surface area contributed by atoms with Crippen LogP contribution in [0.3, 0.4) is 0 Å². The van der Waals surface area contributed by atoms with Crippen molar-refractivity contribution < 1.29 is 0 Å². The summed E-state index contributed by atoms with van der Waals surface area (Å²) in [5, 5.41) is 7.59. The Labute approximate surface area is 95.2 Å². The second-order valence-electron chi connectivity index (χ2n) is 3.22. The fourth-order valence-corrected chi connectivity index (χ4v) is 1.61. The molecule has 0 bridgehead atoms. The monoisotopic (exact) mass is 267 g/mol. The molecule has 0 spiro atoms. The van der Waals surface area contributed by atoms with E-state index in [1.807, 2.05) is 25.1 Å². The first-order chi connectivity index (χ1) is 7.09. The molecule has 2 rings (SSSR count). The Kier molecular flexibility index (Phi) is 2.36. The zero-order valence-electron chi connectivity index (χ0n) is 8.11. The number of aryl methyl sites for hydroxylation is 1. The van der Waals surface area contributed by atoms with Gasteiger partial charge in [-0.25, -0.2) is 4.68 Å². The van der Waals surface area contributed by atoms with Gasteiger partial charge in [-0.3, -0.25) is 0 Å². The summed E-state index contributed by atoms with van der Waals surface area (Å²) in [7, 11) is 0. The van der Waals surface area contributed by atoms with E-state index in [9.17, 15) is 0 Å². The predicted octanol–water partition coefficient (Wildman–Crippen LogP) is 1.31. The van der Waals surface area contributed by atoms with Gasteiger partial charge in [0.2, 0.25) is 5.95 Å². The number of halogens is 1. The lowest BCUT2D eigenvalue weighted by Gasteiger charge is -2.03. The van der Waals surface area contributed by atoms with Crippen LogP contribution in [0.1, 0.15) is 5.56 Å². The topological polar surface area (TPSA) is 82.8 Å². The molecule has 78 valence electrons. The first-order valence-electron chi connectivity index (χ1n) is 4.32. The minimum atomic E-state index is 0.196. The van der Waals surface area contributed by atoms with Crippen molar-refractivity contribution >= 4 is 21.9 Å². The quantitative estimate of drug-likeness (QED) is 0.764. The molecular formula is C9H10BrN5. The van der Waals surface area contributed by atoms with Crippen molar-refractivity contribution in [2.45, 2.75) is 6.92 Å². The molecule has 6 heteroatoms. The molecule has 0 aliphatic carbocycles. The molecule has 0 amide bonds. The molecule has 1 aromatic carbocycles. The van der Waals surface area contributed by atoms with E-state index in [4.69, 9.17) is 11.6 Å². The average Bonchev–Trinajstić information content (AvgIpc) is 2.53. The first-order valence-corrected chi connectivity index (χ1v) is 5.11. The minimum absolute atomic E-state index is 0.196. The number of benzene rings is 1. The van der Waals surface area contributed by atoms with E-state index in [0.717, 1.165) is 15.6 Å². The van der Waals surface area contributed by atoms with E-state index in [0.29, 0.717) is 5.82 Å². The fraction of sp³-hybridized carbons (Fsp3) is 0.111. The molecular weight excluding hydrogens is 258 g/mol. The molecule has 15 heavy (non-hydrogen) atoms. The van der Waals surface area contributed by atoms with Gasteiger partial charge < -0.3 is 11.6 Å². The standard InChI is InChI=1S/C9H10BrN5/c1-5-2-3-6(4-7(5)10)8-13-14-9(11)15(8)12/h2-4H,12H2,1H3,(H2,11,14). The fourth-order valence-electron chi connectivity index (χ4n) is 1.23. The summed E-state index contributed by atoms with van der Waals surface area (Å²) in [6, 6.07) is 5.83. The van der Waals surface area contributed by atoms with Crippen LogP contribution in [0.15, 0.2) is 22.7 Å². The number of hydrogen-bond acceptors (Lipinski definition) is 4. The van der Waals surface area contributed by atoms with Crippen LogP contribution in [0.5, 0.6) is 0 Å². The van der Waals surface area contributed by atoms with Crippen LogP contribution in [0.2, 0.25) is 0 Å². The summed E-state index contributed by atoms with van der Waals surface area (Å²) in [4.78, 5) is 0. The van der Waals surface area contributed by atoms with Crippen LogP contribution in [0.4, 0.5) is 5.95 Å². The molecule has 0 radical (unpaired) electrons. The predicted molar refractivity (Wildman–Crippen MR) is 62.5 cm³/mol. The summed E-state index contributed by atoms with van der Waals surface area (Å²) < 4.78 is 2.26. The Bertz CT molecular complexity index is 505. The highest BCUT2D eigenvalue weighted by molar-refractivity contribution is 9.10. The lowest BCUT2D eigenvalue weighted by atomic mass is 10.1. The van der Waals surface area contributed by atoms with E-state index >= 15 is 0 Å². The average molecular weight is 268 g/mol. The summed E-state index contributed by atoms with van der Waals surface area (Å²) in [5.41, 5.74) is 7.52. The molecule has 1 aromatic heterocycles. The van der Waals surface area contributed by atoms with Crippen LogP contribution in [-0.2, 0) is 0 Å². The number of hydrogen-bond donors (Lipinski definition) is 2. The van der Waals surface area contributed by atoms with Crippen molar-refractivity contribution in [1.82, 2.24) is 14.9 Å². The normalized spacial score (nSPS) is 10.5. The summed E-state index contributed by atoms with van der Waals surface area (Å²) in [6.45, 7) is 2.01. The van der Waals surface area contributed by atoms with E-state index in [1.165, 1.54) is 4.68 Å². The van der Waals surface area contributed by atoms with Crippen molar-refractivity contribution in [2.24, 2.45) is 0 Å². The maximum atomic E-state index is 5.67. The van der Waals surface area contributed by atoms with Crippen molar-refractivity contribution in [3.63, 3.8) is 0 Å². The summed E-state index contributed by atoms with van der Waals surface area (Å²) in [6.07, 6.45) is 0. The Morgan fingerprint density at radius 1 is 1.33 bits per heavy atom. The zero-order chi connectivity index (χ0) is 11.0. The Morgan fingerprint density at radius 2 is 2.07 bits per heavy atom. The van der Waals surface area contributed by atoms with Gasteiger partial charge in [0.05, 0.1) is 0 Å². The van der Waals surface area contributed by atoms with E-state index < -0.39 is 0 Å². The highest BCUT2D eigenvalue weighted by atomic mass is 79.9. The van der Waals surface area contributed by atoms with Crippen LogP contribution >= 0.6 is 15.9 Å². The molecule has 1 heterocycles. The third kappa shape index (κ3) is 1.68. The first kappa shape index (κ1) is 9.97. The minimum Gasteiger partial charge on any atom is -0.366 e. The molecule has 0 aliphatic heterocycles. The smallest absolute Gasteiger partial charge is 0.241 e. The van der Waals surface area contributed by atoms with Gasteiger partial charge >= 0.3 is 0 Å². The lowest BCUT2D eigenvalue weighted by Crippen LogP contribution is -2.13. The van der Waals surface area contributed by atoms with Gasteiger partial charge in [0.25, 0.3) is 0 Å². The highest BCUT2D eigenvalue weighted by Gasteiger charge is 2.09. The van der Waals surface area contributed by atoms with Crippen LogP contribution in [-0.4, -0.2) is 14.9 Å². The maximum Gasteiger partial charge on any atom is 0.241 e. The number of rotatable bonds is 1. The van der Waals surface area contributed by atoms with Crippen molar-refractivity contribution in [3.8, 4) is 11.4 Å². The largest absolute Gasteiger partial charge is 0.366 e. The Balaban J connectivity index is 2.55. The van der Waals surface area contributed by atoms with Crippen LogP contribution in [0.25, 0.3) is 11.4 Å². The summed E-state index contributed by atoms with van der Waals surface area (Å²) >= 11 is 3.45. The van der Waals surface area contributed by atoms with E-state index in [-0.39, 0.29) is 5.95 Å². The molecule has 0 saturated carbocycles. The molecule has 0 aliphatic rings. The number of aromatic nitrogens is 3. The third-order valence-electron chi connectivity index (χ3n) is 2.15. The molecule has 2 aromatic rings. The Hall–Kier alpha value is -1.56. The maximum absolute atomic E-state index is 5.67. The third-order valence-corrected chi connectivity index (χ3v) is 3.01. The van der Waals surface area contributed by atoms with E-state index in [2.05, 4.69) is 26.1 Å². The molecule has 0 unspecified atom stereocenters. The van der Waals surface area contributed by atoms with Crippen molar-refractivity contribution in [3.05, 3.63) is 28.2 Å². The second kappa shape index (κ2) is 3.54. The van der Waals surface area contributed by atoms with Crippen LogP contribution < -0.4 is 11.6 Å². The van der Waals surface area contributed by atoms with Gasteiger partial charge in [-0.15, -0.1) is 10.2 Å². The summed E-state index contributed by atoms with van der Waals surface area (Å²) in [5.74, 6) is 6.42. The molecule has 0 saturated heterocycles. The lowest BCUT2D eigenvalue weighted by molar-refractivity contribution is 1.02.